The van der Waals surface area contributed by atoms with Gasteiger partial charge in [-0.3, -0.25) is 14.4 Å². The van der Waals surface area contributed by atoms with E-state index in [1.54, 1.807) is 18.2 Å². The fourth-order valence-corrected chi connectivity index (χ4v) is 20.0. The van der Waals surface area contributed by atoms with Crippen LogP contribution in [0.15, 0.2) is 54.6 Å². The number of aromatic nitrogens is 6. The van der Waals surface area contributed by atoms with E-state index in [9.17, 15) is 56.3 Å². The summed E-state index contributed by atoms with van der Waals surface area (Å²) in [5, 5.41) is 8.50. The first kappa shape index (κ1) is 99.4. The van der Waals surface area contributed by atoms with Gasteiger partial charge in [-0.15, -0.1) is 0 Å². The number of carbonyl (C=O) groups is 6. The number of nitrogens with one attached hydrogen (secondary N) is 3. The molecule has 0 spiro atoms. The number of carbonyl (C=O) groups excluding carboxylic acids is 9. The minimum atomic E-state index is -0.937. The number of benzene rings is 3. The Morgan fingerprint density at radius 1 is 0.402 bits per heavy atom. The number of ether oxygens (including phenoxy) is 6. The monoisotopic (exact) mass is 1870 g/mol. The van der Waals surface area contributed by atoms with Crippen molar-refractivity contribution in [1.29, 1.82) is 0 Å². The summed E-state index contributed by atoms with van der Waals surface area (Å²) >= 11 is 0. The van der Waals surface area contributed by atoms with Crippen molar-refractivity contribution in [1.82, 2.24) is 60.6 Å². The van der Waals surface area contributed by atoms with E-state index in [0.29, 0.717) is 105 Å². The van der Waals surface area contributed by atoms with E-state index in [0.717, 1.165) is 109 Å². The van der Waals surface area contributed by atoms with Crippen molar-refractivity contribution in [2.45, 2.75) is 304 Å². The molecule has 6 aliphatic heterocycles. The van der Waals surface area contributed by atoms with Gasteiger partial charge in [0.15, 0.2) is 0 Å². The van der Waals surface area contributed by atoms with Crippen LogP contribution in [0.5, 0.6) is 17.6 Å². The van der Waals surface area contributed by atoms with Crippen LogP contribution in [0.1, 0.15) is 230 Å². The smallest absolute Gasteiger partial charge is 0.408 e. The second-order valence-corrected chi connectivity index (χ2v) is 40.1. The number of hydrogen-bond acceptors (Lipinski definition) is 21. The maximum Gasteiger partial charge on any atom is 0.408 e. The third kappa shape index (κ3) is 22.6. The Morgan fingerprint density at radius 3 is 1.12 bits per heavy atom. The van der Waals surface area contributed by atoms with Gasteiger partial charge in [0.1, 0.15) is 88.3 Å². The fourth-order valence-electron chi connectivity index (χ4n) is 20.0. The number of alkyl carbamates (subject to hydrolysis) is 3. The summed E-state index contributed by atoms with van der Waals surface area (Å²) in [4.78, 5) is 150. The van der Waals surface area contributed by atoms with E-state index in [1.165, 1.54) is 57.5 Å². The summed E-state index contributed by atoms with van der Waals surface area (Å²) < 4.78 is 79.1. The van der Waals surface area contributed by atoms with Crippen molar-refractivity contribution in [2.75, 3.05) is 19.6 Å². The normalized spacial score (nSPS) is 31.5. The molecule has 9 heterocycles. The summed E-state index contributed by atoms with van der Waals surface area (Å²) in [7, 11) is 0. The summed E-state index contributed by atoms with van der Waals surface area (Å²) in [6.07, 6.45) is 21.1. The Morgan fingerprint density at radius 2 is 0.748 bits per heavy atom. The van der Waals surface area contributed by atoms with Gasteiger partial charge in [0, 0.05) is 79.8 Å². The van der Waals surface area contributed by atoms with E-state index in [4.69, 9.17) is 43.4 Å². The van der Waals surface area contributed by atoms with Crippen molar-refractivity contribution in [3.8, 4) is 17.6 Å². The predicted octanol–water partition coefficient (Wildman–Crippen LogP) is 14.5. The van der Waals surface area contributed by atoms with E-state index < -0.39 is 147 Å². The van der Waals surface area contributed by atoms with Crippen LogP contribution < -0.4 is 30.2 Å². The number of hydrogen-bond donors (Lipinski definition) is 3. The van der Waals surface area contributed by atoms with E-state index in [1.807, 2.05) is 116 Å². The van der Waals surface area contributed by atoms with Crippen molar-refractivity contribution in [2.24, 2.45) is 63.6 Å². The molecule has 4 saturated carbocycles. The van der Waals surface area contributed by atoms with Gasteiger partial charge >= 0.3 is 18.3 Å². The molecule has 10 aliphatic rings. The average molecular weight is 1870 g/mol. The van der Waals surface area contributed by atoms with Crippen LogP contribution in [-0.2, 0) is 118 Å². The van der Waals surface area contributed by atoms with E-state index >= 15 is 0 Å². The zero-order chi connectivity index (χ0) is 88.8. The second kappa shape index (κ2) is 40.7. The molecule has 3 N–H and O–H groups in total. The molecule has 4 aliphatic carbocycles. The quantitative estimate of drug-likeness (QED) is 0.109. The number of halogens is 3. The topological polar surface area (TPSA) is 332 Å². The summed E-state index contributed by atoms with van der Waals surface area (Å²) in [6, 6.07) is 7.50. The Hall–Kier alpha value is -8.15. The number of nitrogens with zero attached hydrogens (tertiary/aromatic N) is 9. The molecule has 6 amide bonds. The molecule has 3 saturated heterocycles. The molecule has 127 heavy (non-hydrogen) atoms. The molecule has 6 bridgehead atoms. The van der Waals surface area contributed by atoms with Gasteiger partial charge in [0.25, 0.3) is 0 Å². The number of amides is 6. The third-order valence-electron chi connectivity index (χ3n) is 27.8. The Kier molecular flexibility index (Phi) is 31.9. The van der Waals surface area contributed by atoms with Crippen LogP contribution in [0, 0.1) is 81.0 Å². The second-order valence-electron chi connectivity index (χ2n) is 40.1. The summed E-state index contributed by atoms with van der Waals surface area (Å²) in [5.41, 5.74) is 1.80. The molecule has 33 heteroatoms. The van der Waals surface area contributed by atoms with Crippen LogP contribution in [-0.4, -0.2) is 191 Å². The first-order valence-electron chi connectivity index (χ1n) is 44.7. The Bertz CT molecular complexity index is 4930. The zero-order valence-corrected chi connectivity index (χ0v) is 79.4. The van der Waals surface area contributed by atoms with E-state index in [-0.39, 0.29) is 99.1 Å². The SMILES string of the molecule is C[C@@H]1[C@@H]2CN(C(=O)[C@H](C(C)(C)C)NC(=O)O[C@@H]3CC4CC4[C@H]3CCCCCc3nc4ccc(F)cc4nc3O2)[C@@H]1[C-]=O.C[C@@H]1[C@@H]2CN(C(=O)[C@H](C(C)(C)C)NC(=O)O[C@]3(C)CCC[C@H]3CCCCCc3nc4ccc(F)cc4nc3O2)[C@@H]1[C-]=O.C[C@@H]1[C@@H]2CN(C(=O)[C@H](C(C)(C)C)NC(=O)O[C@]3(C)C[C@H]3CCCCCc3nc4ccc(F)cc4nc3O2)[C@@H]1[C-]=O.[V].[V].[V]. The van der Waals surface area contributed by atoms with Gasteiger partial charge in [-0.1, -0.05) is 140 Å². The molecule has 3 radical (unpaired) electrons. The van der Waals surface area contributed by atoms with Gasteiger partial charge in [0.05, 0.1) is 52.7 Å². The van der Waals surface area contributed by atoms with Crippen molar-refractivity contribution >= 4 is 88.0 Å². The Labute approximate surface area is 777 Å². The standard InChI is InChI=1S/C32H40FN4O5.C32H42FN4O5.C30H38FN4O5.3V/c1-17-25(16-38)37-15-27(17)41-29-23(34-22-11-10-19(33)14-24(22)35-29)9-7-5-6-8-20-21-12-18(21)13-26(20)42-31(40)36-28(30(37)39)32(2,3)4;1-19-25(18-38)37-17-26(19)41-28-23(34-22-14-13-21(33)16-24(22)35-28)12-8-6-7-10-20-11-9-15-32(20,5)42-30(40)36-27(29(37)39)31(2,3)4;1-17-23(16-36)35-15-24(17)39-26-21(32-20-12-11-19(31)13-22(20)33-26)10-8-6-7-9-18-14-30(18,5)40-28(38)34-25(27(35)37)29(2,3)4;;;/h10-11,14,17-18,20-21,25-28H,5-9,12-13,15H2,1-4H3,(H,36,40);13-14,16,19-20,25-27H,6-12,15,17H2,1-5H3,(H,36,40);11-13,17-18,23-25H,6-10,14-15H2,1-5H3,(H,34,38);;;/q3*-1;;;/t17-,18?,20+,21?,25+,26+,27-,28+;19-,20+,25+,26-,27+,32+;17-,18+,23+,24-,25+,30+;;;/m000.../s1. The van der Waals surface area contributed by atoms with Crippen LogP contribution in [0.3, 0.4) is 0 Å². The molecule has 20 atom stereocenters. The summed E-state index contributed by atoms with van der Waals surface area (Å²) in [5.74, 6) is -0.714. The molecule has 6 aromatic rings. The third-order valence-corrected chi connectivity index (χ3v) is 27.8. The first-order chi connectivity index (χ1) is 58.8. The van der Waals surface area contributed by atoms with Gasteiger partial charge in [0.2, 0.25) is 35.4 Å². The summed E-state index contributed by atoms with van der Waals surface area (Å²) in [6.45, 7) is 26.5. The van der Waals surface area contributed by atoms with Crippen molar-refractivity contribution in [3.05, 3.63) is 89.1 Å². The van der Waals surface area contributed by atoms with Crippen LogP contribution in [0.4, 0.5) is 27.6 Å². The molecular weight excluding hydrogens is 1750 g/mol. The zero-order valence-electron chi connectivity index (χ0n) is 75.2. The Balaban J connectivity index is 0.000000183. The number of rotatable bonds is 3. The maximum absolute atomic E-state index is 14.0. The molecule has 27 nitrogen and oxygen atoms in total. The molecule has 3 aromatic carbocycles. The van der Waals surface area contributed by atoms with Crippen molar-refractivity contribution < 1.29 is 140 Å². The van der Waals surface area contributed by atoms with Gasteiger partial charge in [-0.25, -0.2) is 76.3 Å². The minimum Gasteiger partial charge on any atom is -0.540 e. The van der Waals surface area contributed by atoms with Gasteiger partial charge < -0.3 is 73.5 Å². The number of fused-ring (bicyclic) bond motifs is 17. The minimum absolute atomic E-state index is 0. The fraction of sp³-hybridized carbons (Fsp3) is 0.649. The molecule has 685 valence electrons. The first-order valence-corrected chi connectivity index (χ1v) is 44.7. The molecule has 7 fully saturated rings. The van der Waals surface area contributed by atoms with Gasteiger partial charge in [-0.05, 0) is 204 Å². The molecular formula is C94H120F3N12O15V3-3. The number of aryl methyl sites for hydroxylation is 3. The van der Waals surface area contributed by atoms with Crippen LogP contribution in [0.2, 0.25) is 0 Å². The molecule has 2 unspecified atom stereocenters. The maximum atomic E-state index is 14.0. The average Bonchev–Trinajstić information content (AvgIpc) is 1.58. The van der Waals surface area contributed by atoms with E-state index in [2.05, 4.69) is 30.9 Å². The van der Waals surface area contributed by atoms with Crippen molar-refractivity contribution in [3.63, 3.8) is 0 Å². The van der Waals surface area contributed by atoms with Crippen LogP contribution in [0.25, 0.3) is 33.1 Å². The largest absolute Gasteiger partial charge is 0.540 e. The van der Waals surface area contributed by atoms with Gasteiger partial charge in [-0.2, -0.15) is 0 Å². The van der Waals surface area contributed by atoms with Crippen LogP contribution >= 0.6 is 0 Å². The predicted molar refractivity (Wildman–Crippen MR) is 454 cm³/mol. The molecule has 16 rings (SSSR count). The molecule has 3 aromatic heterocycles.